The summed E-state index contributed by atoms with van der Waals surface area (Å²) in [5.41, 5.74) is 8.95. The number of rotatable bonds is 3. The van der Waals surface area contributed by atoms with Gasteiger partial charge in [0.2, 0.25) is 0 Å². The second kappa shape index (κ2) is 4.98. The molecule has 1 saturated heterocycles. The lowest BCUT2D eigenvalue weighted by Gasteiger charge is -2.25. The van der Waals surface area contributed by atoms with E-state index >= 15 is 0 Å². The zero-order chi connectivity index (χ0) is 11.5. The van der Waals surface area contributed by atoms with E-state index in [0.717, 1.165) is 19.4 Å². The minimum Gasteiger partial charge on any atom is -0.378 e. The maximum Gasteiger partial charge on any atom is 0.0619 e. The molecule has 0 spiro atoms. The summed E-state index contributed by atoms with van der Waals surface area (Å²) in [5.74, 6) is 0.478. The maximum atomic E-state index is 6.39. The molecule has 88 valence electrons. The molecule has 0 aliphatic carbocycles. The van der Waals surface area contributed by atoms with Crippen molar-refractivity contribution in [1.82, 2.24) is 0 Å². The average molecular weight is 219 g/mol. The Labute approximate surface area is 97.8 Å². The molecule has 16 heavy (non-hydrogen) atoms. The molecule has 1 heterocycles. The van der Waals surface area contributed by atoms with Gasteiger partial charge in [-0.2, -0.15) is 0 Å². The molecule has 2 heteroatoms. The highest BCUT2D eigenvalue weighted by molar-refractivity contribution is 5.29. The first-order chi connectivity index (χ1) is 7.74. The molecule has 3 atom stereocenters. The summed E-state index contributed by atoms with van der Waals surface area (Å²) in [6.07, 6.45) is 2.49. The molecule has 0 amide bonds. The van der Waals surface area contributed by atoms with Gasteiger partial charge in [0, 0.05) is 18.6 Å². The molecule has 2 N–H and O–H groups in total. The quantitative estimate of drug-likeness (QED) is 0.848. The highest BCUT2D eigenvalue weighted by Crippen LogP contribution is 2.34. The van der Waals surface area contributed by atoms with E-state index < -0.39 is 0 Å². The summed E-state index contributed by atoms with van der Waals surface area (Å²) in [6.45, 7) is 5.17. The number of hydrogen-bond acceptors (Lipinski definition) is 2. The SMILES string of the molecule is CCC1OCCC1C(N)c1ccccc1C. The molecule has 1 aromatic carbocycles. The van der Waals surface area contributed by atoms with E-state index in [0.29, 0.717) is 12.0 Å². The molecule has 2 rings (SSSR count). The molecular formula is C14H21NO. The van der Waals surface area contributed by atoms with Gasteiger partial charge in [-0.1, -0.05) is 31.2 Å². The van der Waals surface area contributed by atoms with Gasteiger partial charge in [0.1, 0.15) is 0 Å². The molecule has 1 aromatic rings. The van der Waals surface area contributed by atoms with Crippen molar-refractivity contribution in [3.8, 4) is 0 Å². The Morgan fingerprint density at radius 2 is 2.19 bits per heavy atom. The third-order valence-corrected chi connectivity index (χ3v) is 3.67. The van der Waals surface area contributed by atoms with Crippen molar-refractivity contribution in [2.24, 2.45) is 11.7 Å². The van der Waals surface area contributed by atoms with E-state index in [1.807, 2.05) is 0 Å². The molecule has 0 saturated carbocycles. The lowest BCUT2D eigenvalue weighted by molar-refractivity contribution is 0.0813. The largest absolute Gasteiger partial charge is 0.378 e. The van der Waals surface area contributed by atoms with E-state index in [4.69, 9.17) is 10.5 Å². The highest BCUT2D eigenvalue weighted by Gasteiger charge is 2.32. The van der Waals surface area contributed by atoms with E-state index in [-0.39, 0.29) is 6.04 Å². The van der Waals surface area contributed by atoms with Crippen LogP contribution in [-0.2, 0) is 4.74 Å². The number of ether oxygens (including phenoxy) is 1. The lowest BCUT2D eigenvalue weighted by Crippen LogP contribution is -2.28. The smallest absolute Gasteiger partial charge is 0.0619 e. The molecule has 0 radical (unpaired) electrons. The Morgan fingerprint density at radius 1 is 1.44 bits per heavy atom. The van der Waals surface area contributed by atoms with Crippen LogP contribution in [-0.4, -0.2) is 12.7 Å². The second-order valence-corrected chi connectivity index (χ2v) is 4.65. The van der Waals surface area contributed by atoms with Crippen LogP contribution in [0.4, 0.5) is 0 Å². The Balaban J connectivity index is 2.18. The molecule has 1 aliphatic rings. The van der Waals surface area contributed by atoms with Crippen LogP contribution in [0.15, 0.2) is 24.3 Å². The minimum atomic E-state index is 0.119. The third kappa shape index (κ3) is 2.13. The number of benzene rings is 1. The van der Waals surface area contributed by atoms with Crippen LogP contribution in [0.3, 0.4) is 0 Å². The minimum absolute atomic E-state index is 0.119. The predicted octanol–water partition coefficient (Wildman–Crippen LogP) is 2.81. The van der Waals surface area contributed by atoms with E-state index in [1.165, 1.54) is 11.1 Å². The van der Waals surface area contributed by atoms with Gasteiger partial charge in [-0.25, -0.2) is 0 Å². The van der Waals surface area contributed by atoms with Crippen LogP contribution in [0.2, 0.25) is 0 Å². The Bertz CT molecular complexity index is 350. The maximum absolute atomic E-state index is 6.39. The summed E-state index contributed by atoms with van der Waals surface area (Å²) in [7, 11) is 0. The predicted molar refractivity (Wildman–Crippen MR) is 66.2 cm³/mol. The van der Waals surface area contributed by atoms with E-state index in [9.17, 15) is 0 Å². The summed E-state index contributed by atoms with van der Waals surface area (Å²) in [5, 5.41) is 0. The standard InChI is InChI=1S/C14H21NO/c1-3-13-12(8-9-16-13)14(15)11-7-5-4-6-10(11)2/h4-7,12-14H,3,8-9,15H2,1-2H3. The zero-order valence-electron chi connectivity index (χ0n) is 10.1. The topological polar surface area (TPSA) is 35.2 Å². The van der Waals surface area contributed by atoms with E-state index in [1.54, 1.807) is 0 Å². The van der Waals surface area contributed by atoms with Gasteiger partial charge in [0.05, 0.1) is 6.10 Å². The van der Waals surface area contributed by atoms with Crippen molar-refractivity contribution in [3.05, 3.63) is 35.4 Å². The molecule has 1 aliphatic heterocycles. The molecule has 1 fully saturated rings. The van der Waals surface area contributed by atoms with Crippen molar-refractivity contribution >= 4 is 0 Å². The Kier molecular flexibility index (Phi) is 3.62. The van der Waals surface area contributed by atoms with Crippen LogP contribution in [0.1, 0.15) is 36.9 Å². The van der Waals surface area contributed by atoms with Crippen LogP contribution >= 0.6 is 0 Å². The van der Waals surface area contributed by atoms with Gasteiger partial charge >= 0.3 is 0 Å². The van der Waals surface area contributed by atoms with Crippen molar-refractivity contribution in [3.63, 3.8) is 0 Å². The first-order valence-corrected chi connectivity index (χ1v) is 6.16. The monoisotopic (exact) mass is 219 g/mol. The fraction of sp³-hybridized carbons (Fsp3) is 0.571. The van der Waals surface area contributed by atoms with Crippen LogP contribution in [0.5, 0.6) is 0 Å². The highest BCUT2D eigenvalue weighted by atomic mass is 16.5. The Hall–Kier alpha value is -0.860. The normalized spacial score (nSPS) is 26.9. The van der Waals surface area contributed by atoms with Gasteiger partial charge in [-0.05, 0) is 30.9 Å². The lowest BCUT2D eigenvalue weighted by atomic mass is 9.86. The summed E-state index contributed by atoms with van der Waals surface area (Å²) < 4.78 is 5.72. The van der Waals surface area contributed by atoms with Crippen LogP contribution in [0, 0.1) is 12.8 Å². The number of aryl methyl sites for hydroxylation is 1. The molecule has 0 aromatic heterocycles. The second-order valence-electron chi connectivity index (χ2n) is 4.65. The number of nitrogens with two attached hydrogens (primary N) is 1. The third-order valence-electron chi connectivity index (χ3n) is 3.67. The molecule has 2 nitrogen and oxygen atoms in total. The van der Waals surface area contributed by atoms with E-state index in [2.05, 4.69) is 38.1 Å². The molecular weight excluding hydrogens is 198 g/mol. The molecule has 0 bridgehead atoms. The van der Waals surface area contributed by atoms with Gasteiger partial charge in [-0.15, -0.1) is 0 Å². The Morgan fingerprint density at radius 3 is 2.88 bits per heavy atom. The van der Waals surface area contributed by atoms with Crippen molar-refractivity contribution in [2.45, 2.75) is 38.8 Å². The van der Waals surface area contributed by atoms with Gasteiger partial charge in [-0.3, -0.25) is 0 Å². The van der Waals surface area contributed by atoms with Crippen LogP contribution in [0.25, 0.3) is 0 Å². The number of hydrogen-bond donors (Lipinski definition) is 1. The first kappa shape index (κ1) is 11.6. The zero-order valence-corrected chi connectivity index (χ0v) is 10.1. The summed E-state index contributed by atoms with van der Waals surface area (Å²) >= 11 is 0. The fourth-order valence-corrected chi connectivity index (χ4v) is 2.69. The van der Waals surface area contributed by atoms with Gasteiger partial charge < -0.3 is 10.5 Å². The summed E-state index contributed by atoms with van der Waals surface area (Å²) in [4.78, 5) is 0. The fourth-order valence-electron chi connectivity index (χ4n) is 2.69. The van der Waals surface area contributed by atoms with Crippen molar-refractivity contribution in [2.75, 3.05) is 6.61 Å². The molecule has 3 unspecified atom stereocenters. The first-order valence-electron chi connectivity index (χ1n) is 6.16. The van der Waals surface area contributed by atoms with Gasteiger partial charge in [0.15, 0.2) is 0 Å². The van der Waals surface area contributed by atoms with Crippen molar-refractivity contribution in [1.29, 1.82) is 0 Å². The van der Waals surface area contributed by atoms with Crippen LogP contribution < -0.4 is 5.73 Å². The van der Waals surface area contributed by atoms with Gasteiger partial charge in [0.25, 0.3) is 0 Å². The van der Waals surface area contributed by atoms with Crippen molar-refractivity contribution < 1.29 is 4.74 Å². The average Bonchev–Trinajstić information content (AvgIpc) is 2.77. The summed E-state index contributed by atoms with van der Waals surface area (Å²) in [6, 6.07) is 8.53.